The molecular weight excluding hydrogens is 258 g/mol. The molecule has 0 spiro atoms. The molecule has 1 aliphatic heterocycles. The van der Waals surface area contributed by atoms with Crippen LogP contribution in [0.4, 0.5) is 14.6 Å². The number of thioether (sulfide) groups is 1. The summed E-state index contributed by atoms with van der Waals surface area (Å²) >= 11 is 1.28. The van der Waals surface area contributed by atoms with Crippen LogP contribution >= 0.6 is 11.8 Å². The van der Waals surface area contributed by atoms with E-state index in [1.54, 1.807) is 0 Å². The zero-order chi connectivity index (χ0) is 13.0. The second-order valence-corrected chi connectivity index (χ2v) is 5.09. The van der Waals surface area contributed by atoms with E-state index in [4.69, 9.17) is 4.74 Å². The van der Waals surface area contributed by atoms with Crippen molar-refractivity contribution in [1.82, 2.24) is 4.98 Å². The van der Waals surface area contributed by atoms with Gasteiger partial charge in [0.1, 0.15) is 5.03 Å². The van der Waals surface area contributed by atoms with Gasteiger partial charge < -0.3 is 10.1 Å². The molecule has 1 saturated heterocycles. The number of nitrogens with one attached hydrogen (secondary N) is 1. The van der Waals surface area contributed by atoms with Crippen LogP contribution in [0.1, 0.15) is 19.8 Å². The summed E-state index contributed by atoms with van der Waals surface area (Å²) in [6.07, 6.45) is 2.20. The topological polar surface area (TPSA) is 34.2 Å². The van der Waals surface area contributed by atoms with Gasteiger partial charge in [0.05, 0.1) is 6.10 Å². The molecule has 3 nitrogen and oxygen atoms in total. The highest BCUT2D eigenvalue weighted by atomic mass is 32.2. The smallest absolute Gasteiger partial charge is 0.168 e. The van der Waals surface area contributed by atoms with Crippen molar-refractivity contribution in [3.8, 4) is 0 Å². The Morgan fingerprint density at radius 2 is 2.33 bits per heavy atom. The van der Waals surface area contributed by atoms with E-state index in [0.717, 1.165) is 25.5 Å². The van der Waals surface area contributed by atoms with Crippen molar-refractivity contribution >= 4 is 17.6 Å². The lowest BCUT2D eigenvalue weighted by Crippen LogP contribution is -2.09. The molecule has 1 aliphatic rings. The molecule has 2 heterocycles. The van der Waals surface area contributed by atoms with Gasteiger partial charge in [-0.25, -0.2) is 13.8 Å². The Morgan fingerprint density at radius 1 is 1.50 bits per heavy atom. The highest BCUT2D eigenvalue weighted by Crippen LogP contribution is 2.27. The van der Waals surface area contributed by atoms with E-state index in [9.17, 15) is 8.78 Å². The van der Waals surface area contributed by atoms with Gasteiger partial charge in [-0.3, -0.25) is 0 Å². The summed E-state index contributed by atoms with van der Waals surface area (Å²) in [5, 5.41) is 3.00. The number of hydrogen-bond donors (Lipinski definition) is 1. The Kier molecular flexibility index (Phi) is 4.77. The maximum Gasteiger partial charge on any atom is 0.168 e. The SMILES string of the molecule is CCNc1nc(SCC2CCCO2)c(F)cc1F. The van der Waals surface area contributed by atoms with Crippen LogP contribution in [0.2, 0.25) is 0 Å². The minimum Gasteiger partial charge on any atom is -0.377 e. The van der Waals surface area contributed by atoms with Crippen LogP contribution in [0.25, 0.3) is 0 Å². The molecule has 6 heteroatoms. The standard InChI is InChI=1S/C12H16F2N2OS/c1-2-15-11-9(13)6-10(14)12(16-11)18-7-8-4-3-5-17-8/h6,8H,2-5,7H2,1H3,(H,15,16). The zero-order valence-corrected chi connectivity index (χ0v) is 11.0. The second kappa shape index (κ2) is 6.33. The van der Waals surface area contributed by atoms with Gasteiger partial charge in [-0.05, 0) is 19.8 Å². The van der Waals surface area contributed by atoms with Crippen molar-refractivity contribution in [2.45, 2.75) is 30.9 Å². The molecule has 1 atom stereocenters. The first kappa shape index (κ1) is 13.5. The van der Waals surface area contributed by atoms with Gasteiger partial charge in [-0.1, -0.05) is 0 Å². The van der Waals surface area contributed by atoms with Gasteiger partial charge >= 0.3 is 0 Å². The first-order valence-corrected chi connectivity index (χ1v) is 7.03. The van der Waals surface area contributed by atoms with Gasteiger partial charge in [-0.15, -0.1) is 11.8 Å². The van der Waals surface area contributed by atoms with E-state index in [0.29, 0.717) is 12.3 Å². The van der Waals surface area contributed by atoms with Crippen molar-refractivity contribution in [3.05, 3.63) is 17.7 Å². The van der Waals surface area contributed by atoms with E-state index in [-0.39, 0.29) is 16.9 Å². The number of hydrogen-bond acceptors (Lipinski definition) is 4. The third-order valence-corrected chi connectivity index (χ3v) is 3.77. The number of rotatable bonds is 5. The number of ether oxygens (including phenoxy) is 1. The fourth-order valence-corrected chi connectivity index (χ4v) is 2.75. The highest BCUT2D eigenvalue weighted by molar-refractivity contribution is 7.99. The number of nitrogens with zero attached hydrogens (tertiary/aromatic N) is 1. The van der Waals surface area contributed by atoms with E-state index in [2.05, 4.69) is 10.3 Å². The Hall–Kier alpha value is -0.880. The van der Waals surface area contributed by atoms with E-state index >= 15 is 0 Å². The predicted molar refractivity (Wildman–Crippen MR) is 68.0 cm³/mol. The maximum absolute atomic E-state index is 13.6. The summed E-state index contributed by atoms with van der Waals surface area (Å²) in [7, 11) is 0. The maximum atomic E-state index is 13.6. The Morgan fingerprint density at radius 3 is 3.00 bits per heavy atom. The van der Waals surface area contributed by atoms with Crippen LogP contribution in [0.3, 0.4) is 0 Å². The average molecular weight is 274 g/mol. The molecule has 1 aromatic heterocycles. The molecule has 1 fully saturated rings. The molecule has 0 aliphatic carbocycles. The fourth-order valence-electron chi connectivity index (χ4n) is 1.79. The van der Waals surface area contributed by atoms with E-state index in [1.165, 1.54) is 11.8 Å². The summed E-state index contributed by atoms with van der Waals surface area (Å²) < 4.78 is 32.4. The lowest BCUT2D eigenvalue weighted by Gasteiger charge is -2.10. The first-order chi connectivity index (χ1) is 8.70. The van der Waals surface area contributed by atoms with Crippen LogP contribution in [-0.2, 0) is 4.74 Å². The zero-order valence-electron chi connectivity index (χ0n) is 10.2. The van der Waals surface area contributed by atoms with Crippen LogP contribution < -0.4 is 5.32 Å². The van der Waals surface area contributed by atoms with Gasteiger partial charge in [-0.2, -0.15) is 0 Å². The molecular formula is C12H16F2N2OS. The first-order valence-electron chi connectivity index (χ1n) is 6.05. The number of aromatic nitrogens is 1. The van der Waals surface area contributed by atoms with Gasteiger partial charge in [0.2, 0.25) is 0 Å². The number of halogens is 2. The van der Waals surface area contributed by atoms with Gasteiger partial charge in [0.15, 0.2) is 17.5 Å². The molecule has 1 aromatic rings. The summed E-state index contributed by atoms with van der Waals surface area (Å²) in [6.45, 7) is 3.16. The Labute approximate surface area is 109 Å². The molecule has 100 valence electrons. The third-order valence-electron chi connectivity index (χ3n) is 2.67. The summed E-state index contributed by atoms with van der Waals surface area (Å²) in [6, 6.07) is 0.878. The van der Waals surface area contributed by atoms with Crippen molar-refractivity contribution < 1.29 is 13.5 Å². The van der Waals surface area contributed by atoms with Gasteiger partial charge in [0, 0.05) is 25.0 Å². The Balaban J connectivity index is 2.03. The minimum atomic E-state index is -0.657. The highest BCUT2D eigenvalue weighted by Gasteiger charge is 2.18. The van der Waals surface area contributed by atoms with Crippen molar-refractivity contribution in [1.29, 1.82) is 0 Å². The summed E-state index contributed by atoms with van der Waals surface area (Å²) in [5.41, 5.74) is 0. The number of anilines is 1. The second-order valence-electron chi connectivity index (χ2n) is 4.08. The van der Waals surface area contributed by atoms with Gasteiger partial charge in [0.25, 0.3) is 0 Å². The fraction of sp³-hybridized carbons (Fsp3) is 0.583. The van der Waals surface area contributed by atoms with E-state index in [1.807, 2.05) is 6.92 Å². The van der Waals surface area contributed by atoms with Crippen molar-refractivity contribution in [3.63, 3.8) is 0 Å². The lowest BCUT2D eigenvalue weighted by molar-refractivity contribution is 0.129. The summed E-state index contributed by atoms with van der Waals surface area (Å²) in [4.78, 5) is 3.97. The summed E-state index contributed by atoms with van der Waals surface area (Å²) in [5.74, 6) is -0.511. The van der Waals surface area contributed by atoms with Crippen molar-refractivity contribution in [2.24, 2.45) is 0 Å². The van der Waals surface area contributed by atoms with Crippen LogP contribution in [-0.4, -0.2) is 30.0 Å². The normalized spacial score (nSPS) is 19.2. The lowest BCUT2D eigenvalue weighted by atomic mass is 10.3. The average Bonchev–Trinajstić information content (AvgIpc) is 2.84. The molecule has 0 radical (unpaired) electrons. The van der Waals surface area contributed by atoms with E-state index < -0.39 is 11.6 Å². The Bertz CT molecular complexity index is 411. The largest absolute Gasteiger partial charge is 0.377 e. The molecule has 2 rings (SSSR count). The molecule has 0 bridgehead atoms. The monoisotopic (exact) mass is 274 g/mol. The molecule has 1 unspecified atom stereocenters. The van der Waals surface area contributed by atoms with Crippen molar-refractivity contribution in [2.75, 3.05) is 24.2 Å². The molecule has 18 heavy (non-hydrogen) atoms. The quantitative estimate of drug-likeness (QED) is 0.837. The van der Waals surface area contributed by atoms with Crippen LogP contribution in [0.5, 0.6) is 0 Å². The van der Waals surface area contributed by atoms with Crippen LogP contribution in [0.15, 0.2) is 11.1 Å². The molecule has 1 N–H and O–H groups in total. The predicted octanol–water partition coefficient (Wildman–Crippen LogP) is 3.06. The van der Waals surface area contributed by atoms with Crippen LogP contribution in [0, 0.1) is 11.6 Å². The molecule has 0 amide bonds. The minimum absolute atomic E-state index is 0.105. The third kappa shape index (κ3) is 3.32. The molecule has 0 aromatic carbocycles. The molecule has 0 saturated carbocycles. The number of pyridine rings is 1.